The molecule has 5 nitrogen and oxygen atoms in total. The van der Waals surface area contributed by atoms with Gasteiger partial charge in [-0.3, -0.25) is 4.90 Å². The highest BCUT2D eigenvalue weighted by atomic mass is 35.5. The highest BCUT2D eigenvalue weighted by Gasteiger charge is 2.19. The Morgan fingerprint density at radius 1 is 1.00 bits per heavy atom. The lowest BCUT2D eigenvalue weighted by atomic mass is 9.96. The van der Waals surface area contributed by atoms with E-state index in [1.54, 1.807) is 24.3 Å². The Morgan fingerprint density at radius 3 is 2.54 bits per heavy atom. The predicted molar refractivity (Wildman–Crippen MR) is 146 cm³/mol. The second-order valence-corrected chi connectivity index (χ2v) is 11.6. The van der Waals surface area contributed by atoms with Crippen molar-refractivity contribution >= 4 is 60.5 Å². The van der Waals surface area contributed by atoms with Crippen LogP contribution in [0.25, 0.3) is 27.2 Å². The van der Waals surface area contributed by atoms with E-state index in [2.05, 4.69) is 27.6 Å². The van der Waals surface area contributed by atoms with Crippen molar-refractivity contribution in [3.63, 3.8) is 0 Å². The van der Waals surface area contributed by atoms with Crippen molar-refractivity contribution in [2.45, 2.75) is 24.7 Å². The highest BCUT2D eigenvalue weighted by Crippen LogP contribution is 2.33. The summed E-state index contributed by atoms with van der Waals surface area (Å²) in [5.74, 6) is 0. The normalized spacial score (nSPS) is 15.1. The molecule has 0 spiro atoms. The first-order valence-corrected chi connectivity index (χ1v) is 13.9. The smallest absolute Gasteiger partial charge is 0.240 e. The first kappa shape index (κ1) is 24.3. The van der Waals surface area contributed by atoms with E-state index in [0.717, 1.165) is 59.5 Å². The summed E-state index contributed by atoms with van der Waals surface area (Å²) in [6.45, 7) is 5.13. The Kier molecular flexibility index (Phi) is 6.93. The molecule has 0 unspecified atom stereocenters. The molecule has 1 aliphatic rings. The summed E-state index contributed by atoms with van der Waals surface area (Å²) in [5, 5.41) is 4.31. The fourth-order valence-corrected chi connectivity index (χ4v) is 6.27. The molecule has 3 aromatic carbocycles. The SMILES string of the molecule is Cc1[nH]c2ccc(Cl)cc2c1C1=CCN(CCCNS(=O)(=O)c2ccc3cc(Cl)ccc3c2)CC1. The zero-order valence-corrected chi connectivity index (χ0v) is 21.8. The molecule has 1 aromatic heterocycles. The van der Waals surface area contributed by atoms with Crippen molar-refractivity contribution in [3.8, 4) is 0 Å². The quantitative estimate of drug-likeness (QED) is 0.273. The molecule has 0 radical (unpaired) electrons. The van der Waals surface area contributed by atoms with Gasteiger partial charge in [0.15, 0.2) is 0 Å². The number of aromatic nitrogens is 1. The predicted octanol–water partition coefficient (Wildman–Crippen LogP) is 6.39. The molecule has 8 heteroatoms. The van der Waals surface area contributed by atoms with Gasteiger partial charge in [-0.1, -0.05) is 41.4 Å². The number of nitrogens with one attached hydrogen (secondary N) is 2. The van der Waals surface area contributed by atoms with Gasteiger partial charge in [-0.05, 0) is 85.1 Å². The minimum atomic E-state index is -3.56. The number of aromatic amines is 1. The molecule has 0 fully saturated rings. The van der Waals surface area contributed by atoms with E-state index < -0.39 is 10.0 Å². The summed E-state index contributed by atoms with van der Waals surface area (Å²) in [7, 11) is -3.56. The molecule has 2 heterocycles. The highest BCUT2D eigenvalue weighted by molar-refractivity contribution is 7.89. The number of halogens is 2. The van der Waals surface area contributed by atoms with Crippen molar-refractivity contribution in [3.05, 3.63) is 82.0 Å². The van der Waals surface area contributed by atoms with Crippen LogP contribution >= 0.6 is 23.2 Å². The van der Waals surface area contributed by atoms with E-state index in [0.29, 0.717) is 11.6 Å². The molecule has 5 rings (SSSR count). The third-order valence-corrected chi connectivity index (χ3v) is 8.52. The standard InChI is InChI=1S/C27H27Cl2N3O2S/c1-18-27(25-17-23(29)6-8-26(25)31-18)19-9-13-32(14-10-19)12-2-11-30-35(33,34)24-7-4-20-15-22(28)5-3-21(20)16-24/h3-9,15-17,30-31H,2,10-14H2,1H3. The summed E-state index contributed by atoms with van der Waals surface area (Å²) >= 11 is 12.3. The number of sulfonamides is 1. The summed E-state index contributed by atoms with van der Waals surface area (Å²) in [4.78, 5) is 6.09. The number of hydrogen-bond donors (Lipinski definition) is 2. The lowest BCUT2D eigenvalue weighted by molar-refractivity contribution is 0.298. The topological polar surface area (TPSA) is 65.2 Å². The lowest BCUT2D eigenvalue weighted by Gasteiger charge is -2.26. The number of rotatable bonds is 7. The fourth-order valence-electron chi connectivity index (χ4n) is 4.81. The van der Waals surface area contributed by atoms with Crippen molar-refractivity contribution < 1.29 is 8.42 Å². The van der Waals surface area contributed by atoms with Gasteiger partial charge in [-0.15, -0.1) is 0 Å². The van der Waals surface area contributed by atoms with E-state index in [-0.39, 0.29) is 4.90 Å². The molecule has 4 aromatic rings. The average Bonchev–Trinajstić information content (AvgIpc) is 3.16. The number of H-pyrrole nitrogens is 1. The average molecular weight is 529 g/mol. The van der Waals surface area contributed by atoms with Crippen LogP contribution in [0.5, 0.6) is 0 Å². The second kappa shape index (κ2) is 9.96. The number of fused-ring (bicyclic) bond motifs is 2. The van der Waals surface area contributed by atoms with Crippen LogP contribution in [-0.2, 0) is 10.0 Å². The number of aryl methyl sites for hydroxylation is 1. The number of hydrogen-bond acceptors (Lipinski definition) is 3. The van der Waals surface area contributed by atoms with E-state index >= 15 is 0 Å². The lowest BCUT2D eigenvalue weighted by Crippen LogP contribution is -2.32. The molecular formula is C27H27Cl2N3O2S. The number of benzene rings is 3. The maximum Gasteiger partial charge on any atom is 0.240 e. The summed E-state index contributed by atoms with van der Waals surface area (Å²) in [6, 6.07) is 16.5. The molecule has 2 N–H and O–H groups in total. The molecule has 1 aliphatic heterocycles. The van der Waals surface area contributed by atoms with Crippen molar-refractivity contribution in [2.75, 3.05) is 26.2 Å². The molecule has 182 valence electrons. The molecular weight excluding hydrogens is 501 g/mol. The van der Waals surface area contributed by atoms with E-state index in [4.69, 9.17) is 23.2 Å². The third-order valence-electron chi connectivity index (χ3n) is 6.59. The molecule has 0 saturated heterocycles. The van der Waals surface area contributed by atoms with Gasteiger partial charge >= 0.3 is 0 Å². The minimum absolute atomic E-state index is 0.270. The van der Waals surface area contributed by atoms with E-state index in [1.165, 1.54) is 16.5 Å². The van der Waals surface area contributed by atoms with Gasteiger partial charge < -0.3 is 4.98 Å². The van der Waals surface area contributed by atoms with E-state index in [1.807, 2.05) is 30.3 Å². The molecule has 0 aliphatic carbocycles. The fraction of sp³-hybridized carbons (Fsp3) is 0.259. The Hall–Kier alpha value is -2.35. The Balaban J connectivity index is 1.17. The zero-order valence-electron chi connectivity index (χ0n) is 19.4. The van der Waals surface area contributed by atoms with Crippen LogP contribution in [0.2, 0.25) is 10.0 Å². The van der Waals surface area contributed by atoms with Gasteiger partial charge in [0.05, 0.1) is 4.90 Å². The maximum absolute atomic E-state index is 12.8. The van der Waals surface area contributed by atoms with Crippen LogP contribution in [0.4, 0.5) is 0 Å². The van der Waals surface area contributed by atoms with Gasteiger partial charge in [-0.2, -0.15) is 0 Å². The maximum atomic E-state index is 12.8. The van der Waals surface area contributed by atoms with Gasteiger partial charge in [0, 0.05) is 51.8 Å². The Bertz CT molecular complexity index is 1540. The number of nitrogens with zero attached hydrogens (tertiary/aromatic N) is 1. The van der Waals surface area contributed by atoms with Gasteiger partial charge in [-0.25, -0.2) is 13.1 Å². The Morgan fingerprint density at radius 2 is 1.74 bits per heavy atom. The van der Waals surface area contributed by atoms with Crippen LogP contribution in [-0.4, -0.2) is 44.5 Å². The van der Waals surface area contributed by atoms with Crippen molar-refractivity contribution in [2.24, 2.45) is 0 Å². The Labute approximate surface area is 215 Å². The van der Waals surface area contributed by atoms with Crippen LogP contribution in [0.1, 0.15) is 24.1 Å². The van der Waals surface area contributed by atoms with Crippen LogP contribution in [0.3, 0.4) is 0 Å². The van der Waals surface area contributed by atoms with Crippen molar-refractivity contribution in [1.82, 2.24) is 14.6 Å². The molecule has 35 heavy (non-hydrogen) atoms. The molecule has 0 amide bonds. The third kappa shape index (κ3) is 5.27. The zero-order chi connectivity index (χ0) is 24.6. The first-order valence-electron chi connectivity index (χ1n) is 11.7. The molecule has 0 saturated carbocycles. The monoisotopic (exact) mass is 527 g/mol. The molecule has 0 bridgehead atoms. The van der Waals surface area contributed by atoms with Crippen molar-refractivity contribution in [1.29, 1.82) is 0 Å². The van der Waals surface area contributed by atoms with Crippen LogP contribution in [0, 0.1) is 6.92 Å². The summed E-state index contributed by atoms with van der Waals surface area (Å²) in [6.07, 6.45) is 3.98. The minimum Gasteiger partial charge on any atom is -0.358 e. The first-order chi connectivity index (χ1) is 16.8. The van der Waals surface area contributed by atoms with Gasteiger partial charge in [0.2, 0.25) is 10.0 Å². The molecule has 0 atom stereocenters. The van der Waals surface area contributed by atoms with Gasteiger partial charge in [0.1, 0.15) is 0 Å². The van der Waals surface area contributed by atoms with Gasteiger partial charge in [0.25, 0.3) is 0 Å². The van der Waals surface area contributed by atoms with E-state index in [9.17, 15) is 8.42 Å². The second-order valence-electron chi connectivity index (χ2n) is 9.00. The van der Waals surface area contributed by atoms with Crippen LogP contribution in [0.15, 0.2) is 65.6 Å². The largest absolute Gasteiger partial charge is 0.358 e. The summed E-state index contributed by atoms with van der Waals surface area (Å²) in [5.41, 5.74) is 4.86. The van der Waals surface area contributed by atoms with Crippen LogP contribution < -0.4 is 4.72 Å². The summed E-state index contributed by atoms with van der Waals surface area (Å²) < 4.78 is 28.3.